The van der Waals surface area contributed by atoms with Crippen LogP contribution in [0.3, 0.4) is 0 Å². The van der Waals surface area contributed by atoms with Gasteiger partial charge in [0.15, 0.2) is 0 Å². The van der Waals surface area contributed by atoms with E-state index >= 15 is 0 Å². The number of carboxylic acid groups (broad SMARTS) is 1. The van der Waals surface area contributed by atoms with Gasteiger partial charge in [-0.2, -0.15) is 0 Å². The fourth-order valence-corrected chi connectivity index (χ4v) is 1.44. The van der Waals surface area contributed by atoms with Gasteiger partial charge in [-0.05, 0) is 19.8 Å². The van der Waals surface area contributed by atoms with E-state index in [2.05, 4.69) is 15.3 Å². The summed E-state index contributed by atoms with van der Waals surface area (Å²) in [6.07, 6.45) is 1.45. The molecule has 0 bridgehead atoms. The molecular weight excluding hydrogens is 218 g/mol. The molecule has 0 aliphatic rings. The minimum Gasteiger partial charge on any atom is -0.481 e. The number of aryl methyl sites for hydroxylation is 2. The fraction of sp³-hybridized carbons (Fsp3) is 0.583. The Bertz CT molecular complexity index is 393. The van der Waals surface area contributed by atoms with Crippen LogP contribution in [0.25, 0.3) is 0 Å². The second-order valence-corrected chi connectivity index (χ2v) is 4.10. The van der Waals surface area contributed by atoms with Crippen molar-refractivity contribution in [2.75, 3.05) is 11.9 Å². The molecular formula is C12H19N3O2. The molecule has 1 atom stereocenters. The van der Waals surface area contributed by atoms with E-state index in [1.54, 1.807) is 6.92 Å². The quantitative estimate of drug-likeness (QED) is 0.790. The van der Waals surface area contributed by atoms with Gasteiger partial charge in [0.05, 0.1) is 5.92 Å². The Hall–Kier alpha value is -1.65. The molecule has 1 rings (SSSR count). The summed E-state index contributed by atoms with van der Waals surface area (Å²) in [5.41, 5.74) is 0.992. The Kier molecular flexibility index (Phi) is 4.87. The van der Waals surface area contributed by atoms with Crippen molar-refractivity contribution >= 4 is 11.8 Å². The number of hydrogen-bond donors (Lipinski definition) is 2. The highest BCUT2D eigenvalue weighted by Crippen LogP contribution is 2.08. The molecule has 5 heteroatoms. The smallest absolute Gasteiger partial charge is 0.306 e. The predicted octanol–water partition coefficient (Wildman–Crippen LogP) is 1.87. The van der Waals surface area contributed by atoms with Gasteiger partial charge in [-0.1, -0.05) is 13.8 Å². The normalized spacial score (nSPS) is 12.2. The Balaban J connectivity index is 2.51. The summed E-state index contributed by atoms with van der Waals surface area (Å²) in [5.74, 6) is 0.404. The van der Waals surface area contributed by atoms with Crippen LogP contribution in [-0.4, -0.2) is 27.6 Å². The summed E-state index contributed by atoms with van der Waals surface area (Å²) in [4.78, 5) is 19.2. The third-order valence-corrected chi connectivity index (χ3v) is 2.56. The van der Waals surface area contributed by atoms with Crippen molar-refractivity contribution in [2.24, 2.45) is 5.92 Å². The molecule has 94 valence electrons. The van der Waals surface area contributed by atoms with Crippen LogP contribution in [0.15, 0.2) is 6.07 Å². The highest BCUT2D eigenvalue weighted by atomic mass is 16.4. The summed E-state index contributed by atoms with van der Waals surface area (Å²) >= 11 is 0. The molecule has 2 N–H and O–H groups in total. The van der Waals surface area contributed by atoms with Crippen molar-refractivity contribution < 1.29 is 9.90 Å². The zero-order chi connectivity index (χ0) is 12.8. The van der Waals surface area contributed by atoms with E-state index in [0.717, 1.165) is 23.8 Å². The summed E-state index contributed by atoms with van der Waals surface area (Å²) in [6, 6.07) is 1.90. The minimum absolute atomic E-state index is 0.337. The van der Waals surface area contributed by atoms with Crippen molar-refractivity contribution in [1.82, 2.24) is 9.97 Å². The number of nitrogens with zero attached hydrogens (tertiary/aromatic N) is 2. The SMILES string of the molecule is CCc1cc(NCCC(C)C(=O)O)nc(C)n1. The molecule has 0 saturated carbocycles. The second kappa shape index (κ2) is 6.18. The van der Waals surface area contributed by atoms with Gasteiger partial charge >= 0.3 is 5.97 Å². The number of nitrogens with one attached hydrogen (secondary N) is 1. The monoisotopic (exact) mass is 237 g/mol. The molecule has 1 aromatic rings. The number of aliphatic carboxylic acids is 1. The largest absolute Gasteiger partial charge is 0.481 e. The molecule has 0 aliphatic carbocycles. The number of anilines is 1. The first-order chi connectivity index (χ1) is 8.02. The molecule has 0 aliphatic heterocycles. The van der Waals surface area contributed by atoms with Crippen molar-refractivity contribution in [3.63, 3.8) is 0 Å². The van der Waals surface area contributed by atoms with Gasteiger partial charge in [-0.3, -0.25) is 4.79 Å². The Labute approximate surface area is 101 Å². The van der Waals surface area contributed by atoms with Crippen LogP contribution in [0, 0.1) is 12.8 Å². The van der Waals surface area contributed by atoms with Gasteiger partial charge in [0.1, 0.15) is 11.6 Å². The standard InChI is InChI=1S/C12H19N3O2/c1-4-10-7-11(15-9(3)14-10)13-6-5-8(2)12(16)17/h7-8H,4-6H2,1-3H3,(H,16,17)(H,13,14,15). The first kappa shape index (κ1) is 13.4. The molecule has 0 radical (unpaired) electrons. The minimum atomic E-state index is -0.764. The Morgan fingerprint density at radius 1 is 1.53 bits per heavy atom. The number of carboxylic acids is 1. The molecule has 17 heavy (non-hydrogen) atoms. The zero-order valence-electron chi connectivity index (χ0n) is 10.5. The van der Waals surface area contributed by atoms with E-state index in [0.29, 0.717) is 13.0 Å². The summed E-state index contributed by atoms with van der Waals surface area (Å²) in [7, 11) is 0. The van der Waals surface area contributed by atoms with Crippen molar-refractivity contribution in [1.29, 1.82) is 0 Å². The average molecular weight is 237 g/mol. The number of hydrogen-bond acceptors (Lipinski definition) is 4. The lowest BCUT2D eigenvalue weighted by molar-refractivity contribution is -0.141. The lowest BCUT2D eigenvalue weighted by atomic mass is 10.1. The van der Waals surface area contributed by atoms with Gasteiger partial charge in [0.2, 0.25) is 0 Å². The molecule has 0 amide bonds. The van der Waals surface area contributed by atoms with Crippen LogP contribution in [0.1, 0.15) is 31.8 Å². The van der Waals surface area contributed by atoms with Crippen LogP contribution < -0.4 is 5.32 Å². The van der Waals surface area contributed by atoms with Crippen LogP contribution >= 0.6 is 0 Å². The molecule has 1 unspecified atom stereocenters. The van der Waals surface area contributed by atoms with E-state index in [9.17, 15) is 4.79 Å². The van der Waals surface area contributed by atoms with E-state index in [-0.39, 0.29) is 5.92 Å². The molecule has 0 saturated heterocycles. The van der Waals surface area contributed by atoms with Gasteiger partial charge in [0, 0.05) is 18.3 Å². The van der Waals surface area contributed by atoms with E-state index in [1.807, 2.05) is 19.9 Å². The summed E-state index contributed by atoms with van der Waals surface area (Å²) in [5, 5.41) is 11.9. The number of carbonyl (C=O) groups is 1. The third kappa shape index (κ3) is 4.38. The molecule has 0 aromatic carbocycles. The first-order valence-corrected chi connectivity index (χ1v) is 5.84. The van der Waals surface area contributed by atoms with Crippen molar-refractivity contribution in [2.45, 2.75) is 33.6 Å². The highest BCUT2D eigenvalue weighted by Gasteiger charge is 2.10. The van der Waals surface area contributed by atoms with Crippen LogP contribution in [0.4, 0.5) is 5.82 Å². The van der Waals surface area contributed by atoms with Crippen molar-refractivity contribution in [3.8, 4) is 0 Å². The first-order valence-electron chi connectivity index (χ1n) is 5.84. The van der Waals surface area contributed by atoms with E-state index < -0.39 is 5.97 Å². The average Bonchev–Trinajstić information content (AvgIpc) is 2.27. The molecule has 1 aromatic heterocycles. The Morgan fingerprint density at radius 2 is 2.24 bits per heavy atom. The maximum atomic E-state index is 10.6. The summed E-state index contributed by atoms with van der Waals surface area (Å²) in [6.45, 7) is 6.20. The maximum absolute atomic E-state index is 10.6. The molecule has 1 heterocycles. The maximum Gasteiger partial charge on any atom is 0.306 e. The van der Waals surface area contributed by atoms with Gasteiger partial charge in [0.25, 0.3) is 0 Å². The second-order valence-electron chi connectivity index (χ2n) is 4.10. The van der Waals surface area contributed by atoms with Crippen molar-refractivity contribution in [3.05, 3.63) is 17.6 Å². The van der Waals surface area contributed by atoms with Gasteiger partial charge in [-0.15, -0.1) is 0 Å². The summed E-state index contributed by atoms with van der Waals surface area (Å²) < 4.78 is 0. The third-order valence-electron chi connectivity index (χ3n) is 2.56. The zero-order valence-corrected chi connectivity index (χ0v) is 10.5. The topological polar surface area (TPSA) is 75.1 Å². The number of aromatic nitrogens is 2. The Morgan fingerprint density at radius 3 is 2.82 bits per heavy atom. The predicted molar refractivity (Wildman–Crippen MR) is 66.1 cm³/mol. The molecule has 5 nitrogen and oxygen atoms in total. The van der Waals surface area contributed by atoms with Gasteiger partial charge in [-0.25, -0.2) is 9.97 Å². The lowest BCUT2D eigenvalue weighted by Crippen LogP contribution is -2.15. The number of rotatable bonds is 6. The van der Waals surface area contributed by atoms with Gasteiger partial charge < -0.3 is 10.4 Å². The molecule has 0 spiro atoms. The lowest BCUT2D eigenvalue weighted by Gasteiger charge is -2.09. The van der Waals surface area contributed by atoms with Crippen LogP contribution in [-0.2, 0) is 11.2 Å². The highest BCUT2D eigenvalue weighted by molar-refractivity contribution is 5.69. The van der Waals surface area contributed by atoms with E-state index in [4.69, 9.17) is 5.11 Å². The van der Waals surface area contributed by atoms with E-state index in [1.165, 1.54) is 0 Å². The fourth-order valence-electron chi connectivity index (χ4n) is 1.44. The van der Waals surface area contributed by atoms with Crippen LogP contribution in [0.2, 0.25) is 0 Å². The molecule has 0 fully saturated rings. The van der Waals surface area contributed by atoms with Crippen LogP contribution in [0.5, 0.6) is 0 Å².